The molecule has 368 valence electrons. The highest BCUT2D eigenvalue weighted by atomic mass is 19.4. The van der Waals surface area contributed by atoms with E-state index >= 15 is 17.6 Å². The van der Waals surface area contributed by atoms with Crippen molar-refractivity contribution in [2.75, 3.05) is 19.8 Å². The van der Waals surface area contributed by atoms with E-state index in [4.69, 9.17) is 4.74 Å². The molecule has 2 fully saturated rings. The van der Waals surface area contributed by atoms with Crippen molar-refractivity contribution in [2.45, 2.75) is 101 Å². The number of aromatic hydroxyl groups is 1. The zero-order chi connectivity index (χ0) is 49.3. The van der Waals surface area contributed by atoms with Gasteiger partial charge in [0, 0.05) is 0 Å². The highest BCUT2D eigenvalue weighted by Gasteiger charge is 2.54. The second-order valence-electron chi connectivity index (χ2n) is 15.0. The maximum absolute atomic E-state index is 15.2. The topological polar surface area (TPSA) is 101 Å². The zero-order valence-corrected chi connectivity index (χ0v) is 33.0. The first kappa shape index (κ1) is 52.9. The molecular weight excluding hydrogens is 945 g/mol. The number of halogens is 19. The van der Waals surface area contributed by atoms with Gasteiger partial charge < -0.3 is 28.8 Å². The number of carbonyl (C=O) groups excluding carboxylic acids is 2. The van der Waals surface area contributed by atoms with Crippen LogP contribution in [0.1, 0.15) is 80.5 Å². The number of alkyl halides is 19. The van der Waals surface area contributed by atoms with Gasteiger partial charge in [-0.25, -0.2) is 0 Å². The summed E-state index contributed by atoms with van der Waals surface area (Å²) in [5.41, 5.74) is -10.4. The Morgan fingerprint density at radius 2 is 0.846 bits per heavy atom. The number of hydrogen-bond donors (Lipinski definition) is 1. The molecule has 1 N–H and O–H groups in total. The van der Waals surface area contributed by atoms with Gasteiger partial charge in [-0.15, -0.1) is 0 Å². The van der Waals surface area contributed by atoms with E-state index in [-0.39, 0.29) is 18.2 Å². The minimum Gasteiger partial charge on any atom is -0.507 e. The van der Waals surface area contributed by atoms with Crippen LogP contribution in [0.2, 0.25) is 0 Å². The molecule has 1 atom stereocenters. The molecule has 0 radical (unpaired) electrons. The van der Waals surface area contributed by atoms with Gasteiger partial charge in [0.05, 0.1) is 30.3 Å². The molecule has 2 aromatic carbocycles. The molecule has 0 heterocycles. The third kappa shape index (κ3) is 13.0. The average Bonchev–Trinajstić information content (AvgIpc) is 3.16. The van der Waals surface area contributed by atoms with Crippen molar-refractivity contribution >= 4 is 11.9 Å². The lowest BCUT2D eigenvalue weighted by Crippen LogP contribution is -2.40. The van der Waals surface area contributed by atoms with Crippen LogP contribution < -0.4 is 14.2 Å². The van der Waals surface area contributed by atoms with Crippen LogP contribution in [-0.2, 0) is 43.8 Å². The molecule has 2 aromatic rings. The van der Waals surface area contributed by atoms with Crippen molar-refractivity contribution < 1.29 is 122 Å². The number of ether oxygens (including phenoxy) is 5. The van der Waals surface area contributed by atoms with Crippen LogP contribution in [0.5, 0.6) is 23.0 Å². The molecule has 8 nitrogen and oxygen atoms in total. The fourth-order valence-electron chi connectivity index (χ4n) is 7.34. The largest absolute Gasteiger partial charge is 0.507 e. The minimum absolute atomic E-state index is 0.0386. The molecule has 2 saturated carbocycles. The zero-order valence-electron chi connectivity index (χ0n) is 33.0. The van der Waals surface area contributed by atoms with Crippen molar-refractivity contribution in [3.05, 3.63) is 46.5 Å². The van der Waals surface area contributed by atoms with E-state index in [1.165, 1.54) is 0 Å². The summed E-state index contributed by atoms with van der Waals surface area (Å²) in [7, 11) is 0. The Bertz CT molecular complexity index is 1970. The monoisotopic (exact) mass is 980 g/mol. The molecule has 0 spiro atoms. The molecule has 1 unspecified atom stereocenters. The van der Waals surface area contributed by atoms with E-state index in [0.717, 1.165) is 6.92 Å². The van der Waals surface area contributed by atoms with Gasteiger partial charge in [0.2, 0.25) is 0 Å². The van der Waals surface area contributed by atoms with E-state index in [1.54, 1.807) is 0 Å². The number of hydrogen-bond acceptors (Lipinski definition) is 8. The maximum Gasteiger partial charge on any atom is 0.420 e. The number of phenolic OH excluding ortho intramolecular Hbond substituents is 1. The van der Waals surface area contributed by atoms with E-state index < -0.39 is 201 Å². The molecule has 2 aliphatic carbocycles. The highest BCUT2D eigenvalue weighted by Crippen LogP contribution is 2.53. The van der Waals surface area contributed by atoms with Crippen molar-refractivity contribution in [3.63, 3.8) is 0 Å². The summed E-state index contributed by atoms with van der Waals surface area (Å²) in [5, 5.41) is 9.44. The fourth-order valence-corrected chi connectivity index (χ4v) is 7.34. The summed E-state index contributed by atoms with van der Waals surface area (Å²) < 4.78 is 288. The second kappa shape index (κ2) is 19.2. The lowest BCUT2D eigenvalue weighted by atomic mass is 9.81. The van der Waals surface area contributed by atoms with Crippen LogP contribution in [0.15, 0.2) is 24.3 Å². The Balaban J connectivity index is 1.32. The number of phenols is 1. The number of esters is 2. The summed E-state index contributed by atoms with van der Waals surface area (Å²) in [4.78, 5) is 25.3. The first-order chi connectivity index (χ1) is 29.6. The lowest BCUT2D eigenvalue weighted by molar-refractivity contribution is -0.229. The first-order valence-corrected chi connectivity index (χ1v) is 19.1. The lowest BCUT2D eigenvalue weighted by Gasteiger charge is -2.33. The van der Waals surface area contributed by atoms with E-state index in [1.807, 2.05) is 0 Å². The Kier molecular flexibility index (Phi) is 15.6. The molecule has 0 amide bonds. The molecule has 0 aliphatic heterocycles. The van der Waals surface area contributed by atoms with Gasteiger partial charge in [-0.05, 0) is 82.6 Å². The molecule has 0 bridgehead atoms. The first-order valence-electron chi connectivity index (χ1n) is 19.1. The third-order valence-corrected chi connectivity index (χ3v) is 10.6. The minimum atomic E-state index is -5.95. The van der Waals surface area contributed by atoms with Crippen LogP contribution in [0.25, 0.3) is 0 Å². The second-order valence-corrected chi connectivity index (χ2v) is 15.0. The Hall–Kier alpha value is -4.75. The van der Waals surface area contributed by atoms with E-state index in [9.17, 15) is 80.6 Å². The molecule has 2 aliphatic rings. The predicted molar refractivity (Wildman–Crippen MR) is 179 cm³/mol. The van der Waals surface area contributed by atoms with Gasteiger partial charge in [-0.3, -0.25) is 9.59 Å². The van der Waals surface area contributed by atoms with Crippen LogP contribution in [0, 0.1) is 29.6 Å². The van der Waals surface area contributed by atoms with E-state index in [0.29, 0.717) is 6.07 Å². The normalized spacial score (nSPS) is 21.0. The predicted octanol–water partition coefficient (Wildman–Crippen LogP) is 12.4. The molecule has 27 heteroatoms. The van der Waals surface area contributed by atoms with Crippen molar-refractivity contribution in [2.24, 2.45) is 29.6 Å². The summed E-state index contributed by atoms with van der Waals surface area (Å²) in [6.45, 7) is -2.38. The molecular formula is C38H35F19O8. The SMILES string of the molecule is CCOc1ccc(OC(F)(F)C2CCC(C(=O)OCC(COC(=O)C3CCC(C(F)(F)Oc4ccc(O)c(C(F)(F)F)c4C(F)(F)F)CC3)C(F)(F)F)CC2)c(C(F)(F)F)c1C(F)(F)F. The fraction of sp³-hybridized carbons (Fsp3) is 0.632. The highest BCUT2D eigenvalue weighted by molar-refractivity contribution is 5.73. The number of benzene rings is 2. The van der Waals surface area contributed by atoms with Gasteiger partial charge in [0.15, 0.2) is 0 Å². The quantitative estimate of drug-likeness (QED) is 0.148. The molecule has 65 heavy (non-hydrogen) atoms. The molecule has 0 aromatic heterocycles. The van der Waals surface area contributed by atoms with Crippen molar-refractivity contribution in [1.29, 1.82) is 0 Å². The van der Waals surface area contributed by atoms with Gasteiger partial charge in [0.25, 0.3) is 0 Å². The van der Waals surface area contributed by atoms with E-state index in [2.05, 4.69) is 18.9 Å². The van der Waals surface area contributed by atoms with Gasteiger partial charge in [0.1, 0.15) is 64.4 Å². The average molecular weight is 981 g/mol. The Morgan fingerprint density at radius 1 is 0.523 bits per heavy atom. The number of carbonyl (C=O) groups is 2. The number of rotatable bonds is 14. The Labute approximate surface area is 354 Å². The summed E-state index contributed by atoms with van der Waals surface area (Å²) in [6, 6.07) is 0.659. The molecule has 0 saturated heterocycles. The van der Waals surface area contributed by atoms with Crippen molar-refractivity contribution in [1.82, 2.24) is 0 Å². The van der Waals surface area contributed by atoms with Crippen LogP contribution >= 0.6 is 0 Å². The van der Waals surface area contributed by atoms with Crippen molar-refractivity contribution in [3.8, 4) is 23.0 Å². The van der Waals surface area contributed by atoms with Gasteiger partial charge in [-0.1, -0.05) is 0 Å². The smallest absolute Gasteiger partial charge is 0.420 e. The summed E-state index contributed by atoms with van der Waals surface area (Å²) >= 11 is 0. The summed E-state index contributed by atoms with van der Waals surface area (Å²) in [5.74, 6) is -19.3. The molecule has 4 rings (SSSR count). The van der Waals surface area contributed by atoms with Gasteiger partial charge >= 0.3 is 55.0 Å². The third-order valence-electron chi connectivity index (χ3n) is 10.6. The van der Waals surface area contributed by atoms with Crippen LogP contribution in [-0.4, -0.2) is 55.3 Å². The van der Waals surface area contributed by atoms with Gasteiger partial charge in [-0.2, -0.15) is 83.4 Å². The Morgan fingerprint density at radius 3 is 1.18 bits per heavy atom. The van der Waals surface area contributed by atoms with Crippen LogP contribution in [0.3, 0.4) is 0 Å². The summed E-state index contributed by atoms with van der Waals surface area (Å²) in [6.07, 6.45) is -43.1. The van der Waals surface area contributed by atoms with Crippen LogP contribution in [0.4, 0.5) is 83.4 Å². The maximum atomic E-state index is 15.2. The standard InChI is InChI=1S/C38H35F19O8/c1-2-61-23-13-14-25(29(36(51,52)53)27(23)34(45,46)47)65-38(56,57)20-9-5-18(6-10-20)31(60)63-16-21(32(39,40)41)15-62-30(59)17-3-7-19(8-4-17)37(54,55)64-24-12-11-22(58)26(33(42,43)44)28(24)35(48,49)50/h11-14,17-21,58H,2-10,15-16H2,1H3.